The Balaban J connectivity index is 1.86. The number of hydrogen-bond donors (Lipinski definition) is 2. The Bertz CT molecular complexity index is 1100. The summed E-state index contributed by atoms with van der Waals surface area (Å²) in [5.41, 5.74) is 4.86. The summed E-state index contributed by atoms with van der Waals surface area (Å²) in [6.07, 6.45) is 0. The van der Waals surface area contributed by atoms with Gasteiger partial charge in [0.15, 0.2) is 0 Å². The zero-order valence-corrected chi connectivity index (χ0v) is 24.1. The minimum atomic E-state index is -1.53. The summed E-state index contributed by atoms with van der Waals surface area (Å²) in [4.78, 5) is 29.4. The van der Waals surface area contributed by atoms with Crippen LogP contribution in [0.15, 0.2) is 35.2 Å². The molecule has 0 bridgehead atoms. The van der Waals surface area contributed by atoms with Gasteiger partial charge in [-0.1, -0.05) is 12.1 Å². The SMILES string of the molecule is COc1cc(C)c(S(=O)N(C)CC(=O)NCC(=O)N(C)Cc2ccc(NCCN(C)C)c(C)c2)c(C)c1. The largest absolute Gasteiger partial charge is 0.497 e. The number of nitrogens with zero attached hydrogens (tertiary/aromatic N) is 3. The zero-order valence-electron chi connectivity index (χ0n) is 23.3. The van der Waals surface area contributed by atoms with Gasteiger partial charge in [0.25, 0.3) is 0 Å². The molecule has 1 atom stereocenters. The summed E-state index contributed by atoms with van der Waals surface area (Å²) in [5.74, 6) is 0.122. The molecular weight excluding hydrogens is 490 g/mol. The van der Waals surface area contributed by atoms with Gasteiger partial charge < -0.3 is 25.2 Å². The van der Waals surface area contributed by atoms with Crippen molar-refractivity contribution in [3.05, 3.63) is 52.6 Å². The van der Waals surface area contributed by atoms with Crippen molar-refractivity contribution in [3.8, 4) is 5.75 Å². The van der Waals surface area contributed by atoms with Crippen LogP contribution < -0.4 is 15.4 Å². The minimum Gasteiger partial charge on any atom is -0.497 e. The monoisotopic (exact) mass is 531 g/mol. The molecule has 0 spiro atoms. The molecule has 0 aliphatic heterocycles. The lowest BCUT2D eigenvalue weighted by molar-refractivity contribution is -0.132. The summed E-state index contributed by atoms with van der Waals surface area (Å²) in [5, 5.41) is 6.07. The second kappa shape index (κ2) is 14.1. The second-order valence-electron chi connectivity index (χ2n) is 9.53. The molecule has 0 heterocycles. The van der Waals surface area contributed by atoms with Crippen molar-refractivity contribution in [2.24, 2.45) is 0 Å². The third-order valence-electron chi connectivity index (χ3n) is 5.94. The summed E-state index contributed by atoms with van der Waals surface area (Å²) >= 11 is 0. The zero-order chi connectivity index (χ0) is 27.7. The number of likely N-dealkylation sites (N-methyl/N-ethyl adjacent to an activating group) is 3. The van der Waals surface area contributed by atoms with Crippen molar-refractivity contribution in [2.75, 3.05) is 66.8 Å². The van der Waals surface area contributed by atoms with Crippen LogP contribution in [0.1, 0.15) is 22.3 Å². The fourth-order valence-corrected chi connectivity index (χ4v) is 5.10. The van der Waals surface area contributed by atoms with Gasteiger partial charge in [0, 0.05) is 39.4 Å². The number of aryl methyl sites for hydroxylation is 3. The molecule has 2 amide bonds. The summed E-state index contributed by atoms with van der Waals surface area (Å²) in [6.45, 7) is 7.77. The molecule has 0 aliphatic rings. The molecule has 204 valence electrons. The standard InChI is InChI=1S/C27H41N5O4S/c1-19-13-22(9-10-24(19)28-11-12-30(4)5)17-31(6)26(34)16-29-25(33)18-32(7)37(35)27-20(2)14-23(36-8)15-21(27)3/h9-10,13-15,28H,11-12,16-18H2,1-8H3,(H,29,33). The summed E-state index contributed by atoms with van der Waals surface area (Å²) in [6, 6.07) is 9.73. The number of hydrogen-bond acceptors (Lipinski definition) is 6. The Labute approximate surface area is 223 Å². The van der Waals surface area contributed by atoms with E-state index in [4.69, 9.17) is 4.74 Å². The number of rotatable bonds is 13. The molecule has 2 N–H and O–H groups in total. The maximum Gasteiger partial charge on any atom is 0.242 e. The highest BCUT2D eigenvalue weighted by Gasteiger charge is 2.20. The Morgan fingerprint density at radius 2 is 1.62 bits per heavy atom. The summed E-state index contributed by atoms with van der Waals surface area (Å²) in [7, 11) is 7.47. The lowest BCUT2D eigenvalue weighted by Crippen LogP contribution is -2.42. The van der Waals surface area contributed by atoms with E-state index in [0.717, 1.165) is 41.0 Å². The molecule has 2 aromatic rings. The van der Waals surface area contributed by atoms with E-state index in [1.165, 1.54) is 4.31 Å². The van der Waals surface area contributed by atoms with E-state index in [2.05, 4.69) is 21.6 Å². The first-order valence-corrected chi connectivity index (χ1v) is 13.3. The van der Waals surface area contributed by atoms with Crippen LogP contribution >= 0.6 is 0 Å². The first kappa shape index (κ1) is 30.3. The average Bonchev–Trinajstić information content (AvgIpc) is 2.82. The fraction of sp³-hybridized carbons (Fsp3) is 0.481. The van der Waals surface area contributed by atoms with Crippen LogP contribution in [0.2, 0.25) is 0 Å². The van der Waals surface area contributed by atoms with Gasteiger partial charge in [0.1, 0.15) is 16.7 Å². The van der Waals surface area contributed by atoms with E-state index in [9.17, 15) is 13.8 Å². The molecule has 0 saturated heterocycles. The molecule has 0 aromatic heterocycles. The Hall–Kier alpha value is -2.95. The van der Waals surface area contributed by atoms with Gasteiger partial charge >= 0.3 is 0 Å². The number of anilines is 1. The van der Waals surface area contributed by atoms with Crippen LogP contribution in [-0.4, -0.2) is 91.6 Å². The average molecular weight is 532 g/mol. The number of carbonyl (C=O) groups excluding carboxylic acids is 2. The van der Waals surface area contributed by atoms with Crippen molar-refractivity contribution in [1.82, 2.24) is 19.4 Å². The van der Waals surface area contributed by atoms with E-state index in [1.54, 1.807) is 26.1 Å². The third-order valence-corrected chi connectivity index (χ3v) is 7.63. The number of amides is 2. The molecule has 2 rings (SSSR count). The van der Waals surface area contributed by atoms with Gasteiger partial charge in [-0.05, 0) is 75.3 Å². The molecule has 0 saturated carbocycles. The number of nitrogens with one attached hydrogen (secondary N) is 2. The van der Waals surface area contributed by atoms with Crippen molar-refractivity contribution in [2.45, 2.75) is 32.2 Å². The first-order valence-electron chi connectivity index (χ1n) is 12.2. The van der Waals surface area contributed by atoms with Crippen LogP contribution in [0.5, 0.6) is 5.75 Å². The topological polar surface area (TPSA) is 94.2 Å². The Morgan fingerprint density at radius 1 is 0.973 bits per heavy atom. The van der Waals surface area contributed by atoms with Crippen LogP contribution in [0.4, 0.5) is 5.69 Å². The molecule has 10 heteroatoms. The fourth-order valence-electron chi connectivity index (χ4n) is 3.88. The normalized spacial score (nSPS) is 11.9. The maximum absolute atomic E-state index is 13.0. The first-order chi connectivity index (χ1) is 17.4. The third kappa shape index (κ3) is 9.14. The molecule has 2 aromatic carbocycles. The van der Waals surface area contributed by atoms with Gasteiger partial charge in [0.05, 0.1) is 25.1 Å². The van der Waals surface area contributed by atoms with Crippen LogP contribution in [0, 0.1) is 20.8 Å². The molecule has 1 unspecified atom stereocenters. The van der Waals surface area contributed by atoms with Crippen molar-refractivity contribution in [1.29, 1.82) is 0 Å². The van der Waals surface area contributed by atoms with Crippen molar-refractivity contribution < 1.29 is 18.5 Å². The van der Waals surface area contributed by atoms with E-state index >= 15 is 0 Å². The minimum absolute atomic E-state index is 0.101. The quantitative estimate of drug-likeness (QED) is 0.412. The highest BCUT2D eigenvalue weighted by Crippen LogP contribution is 2.25. The molecule has 37 heavy (non-hydrogen) atoms. The van der Waals surface area contributed by atoms with E-state index < -0.39 is 11.0 Å². The lowest BCUT2D eigenvalue weighted by atomic mass is 10.1. The van der Waals surface area contributed by atoms with Gasteiger partial charge in [-0.2, -0.15) is 0 Å². The highest BCUT2D eigenvalue weighted by atomic mass is 32.2. The molecule has 0 aliphatic carbocycles. The number of methoxy groups -OCH3 is 1. The number of benzene rings is 2. The van der Waals surface area contributed by atoms with Crippen LogP contribution in [0.3, 0.4) is 0 Å². The number of ether oxygens (including phenoxy) is 1. The van der Waals surface area contributed by atoms with Crippen LogP contribution in [0.25, 0.3) is 0 Å². The van der Waals surface area contributed by atoms with Gasteiger partial charge in [-0.25, -0.2) is 8.51 Å². The Kier molecular flexibility index (Phi) is 11.5. The van der Waals surface area contributed by atoms with Crippen molar-refractivity contribution in [3.63, 3.8) is 0 Å². The van der Waals surface area contributed by atoms with E-state index in [-0.39, 0.29) is 24.9 Å². The van der Waals surface area contributed by atoms with E-state index in [0.29, 0.717) is 17.2 Å². The van der Waals surface area contributed by atoms with E-state index in [1.807, 2.05) is 59.1 Å². The maximum atomic E-state index is 13.0. The Morgan fingerprint density at radius 3 is 2.19 bits per heavy atom. The summed E-state index contributed by atoms with van der Waals surface area (Å²) < 4.78 is 19.8. The highest BCUT2D eigenvalue weighted by molar-refractivity contribution is 7.82. The molecular formula is C27H41N5O4S. The van der Waals surface area contributed by atoms with Crippen LogP contribution in [-0.2, 0) is 27.1 Å². The predicted octanol–water partition coefficient (Wildman–Crippen LogP) is 2.32. The van der Waals surface area contributed by atoms with Gasteiger partial charge in [-0.3, -0.25) is 9.59 Å². The van der Waals surface area contributed by atoms with Gasteiger partial charge in [-0.15, -0.1) is 0 Å². The molecule has 0 radical (unpaired) electrons. The predicted molar refractivity (Wildman–Crippen MR) is 149 cm³/mol. The smallest absolute Gasteiger partial charge is 0.242 e. The second-order valence-corrected chi connectivity index (χ2v) is 11.1. The number of carbonyl (C=O) groups is 2. The molecule has 0 fully saturated rings. The van der Waals surface area contributed by atoms with Gasteiger partial charge in [0.2, 0.25) is 11.8 Å². The molecule has 9 nitrogen and oxygen atoms in total. The van der Waals surface area contributed by atoms with Crippen molar-refractivity contribution >= 4 is 28.5 Å². The lowest BCUT2D eigenvalue weighted by Gasteiger charge is -2.20.